The van der Waals surface area contributed by atoms with Crippen LogP contribution in [0.4, 0.5) is 0 Å². The van der Waals surface area contributed by atoms with E-state index in [1.807, 2.05) is 66.9 Å². The van der Waals surface area contributed by atoms with Gasteiger partial charge >= 0.3 is 5.97 Å². The minimum Gasteiger partial charge on any atom is -0.423 e. The molecule has 1 atom stereocenters. The van der Waals surface area contributed by atoms with Gasteiger partial charge in [0.2, 0.25) is 0 Å². The molecule has 3 nitrogen and oxygen atoms in total. The molecule has 0 aliphatic heterocycles. The van der Waals surface area contributed by atoms with E-state index >= 15 is 0 Å². The Morgan fingerprint density at radius 2 is 1.44 bits per heavy atom. The molecule has 5 rings (SSSR count). The molecule has 0 aliphatic rings. The summed E-state index contributed by atoms with van der Waals surface area (Å²) in [6.45, 7) is 4.33. The molecule has 3 heteroatoms. The summed E-state index contributed by atoms with van der Waals surface area (Å²) in [5.74, 6) is 0.177. The van der Waals surface area contributed by atoms with E-state index in [0.29, 0.717) is 11.3 Å². The molecule has 0 aromatic heterocycles. The van der Waals surface area contributed by atoms with E-state index in [2.05, 4.69) is 68.4 Å². The normalized spacial score (nSPS) is 12.0. The number of rotatable bonds is 11. The SMILES string of the molecule is CCCCCCc1ccc2cc(C(=O)Oc3ccc(-c4ccc(C=N[C@H](C)c5ccccc5)cc4)cc3)ccc2c1. The number of benzene rings is 5. The minimum absolute atomic E-state index is 0.110. The molecule has 0 saturated heterocycles. The summed E-state index contributed by atoms with van der Waals surface area (Å²) in [5.41, 5.74) is 6.31. The highest BCUT2D eigenvalue weighted by Crippen LogP contribution is 2.25. The van der Waals surface area contributed by atoms with Crippen LogP contribution >= 0.6 is 0 Å². The van der Waals surface area contributed by atoms with Crippen LogP contribution in [-0.4, -0.2) is 12.2 Å². The van der Waals surface area contributed by atoms with E-state index in [1.54, 1.807) is 0 Å². The van der Waals surface area contributed by atoms with E-state index in [0.717, 1.165) is 33.9 Å². The maximum absolute atomic E-state index is 12.9. The summed E-state index contributed by atoms with van der Waals surface area (Å²) < 4.78 is 5.69. The molecule has 0 spiro atoms. The van der Waals surface area contributed by atoms with E-state index in [-0.39, 0.29) is 12.0 Å². The molecular formula is C38H37NO2. The topological polar surface area (TPSA) is 38.7 Å². The molecule has 5 aromatic carbocycles. The molecular weight excluding hydrogens is 502 g/mol. The summed E-state index contributed by atoms with van der Waals surface area (Å²) in [4.78, 5) is 17.6. The lowest BCUT2D eigenvalue weighted by atomic mass is 10.0. The second kappa shape index (κ2) is 13.7. The fraction of sp³-hybridized carbons (Fsp3) is 0.211. The van der Waals surface area contributed by atoms with Gasteiger partial charge in [-0.2, -0.15) is 0 Å². The van der Waals surface area contributed by atoms with Crippen LogP contribution in [0.15, 0.2) is 120 Å². The number of esters is 1. The zero-order valence-corrected chi connectivity index (χ0v) is 23.9. The van der Waals surface area contributed by atoms with Crippen LogP contribution in [0.1, 0.15) is 72.6 Å². The van der Waals surface area contributed by atoms with Crippen LogP contribution in [0, 0.1) is 0 Å². The number of carbonyl (C=O) groups excluding carboxylic acids is 1. The Balaban J connectivity index is 1.18. The van der Waals surface area contributed by atoms with Gasteiger partial charge in [0.25, 0.3) is 0 Å². The third kappa shape index (κ3) is 7.58. The van der Waals surface area contributed by atoms with Crippen LogP contribution in [0.2, 0.25) is 0 Å². The summed E-state index contributed by atoms with van der Waals surface area (Å²) in [7, 11) is 0. The number of hydrogen-bond donors (Lipinski definition) is 0. The highest BCUT2D eigenvalue weighted by Gasteiger charge is 2.10. The maximum atomic E-state index is 12.9. The second-order valence-corrected chi connectivity index (χ2v) is 10.6. The third-order valence-electron chi connectivity index (χ3n) is 7.50. The van der Waals surface area contributed by atoms with Gasteiger partial charge in [-0.05, 0) is 82.6 Å². The number of carbonyl (C=O) groups is 1. The Hall–Kier alpha value is -4.50. The van der Waals surface area contributed by atoms with E-state index in [1.165, 1.54) is 36.8 Å². The Bertz CT molecular complexity index is 1600. The van der Waals surface area contributed by atoms with Gasteiger partial charge in [-0.25, -0.2) is 4.79 Å². The molecule has 0 heterocycles. The van der Waals surface area contributed by atoms with Gasteiger partial charge in [0.05, 0.1) is 11.6 Å². The largest absolute Gasteiger partial charge is 0.423 e. The molecule has 0 radical (unpaired) electrons. The summed E-state index contributed by atoms with van der Waals surface area (Å²) in [6.07, 6.45) is 8.06. The fourth-order valence-corrected chi connectivity index (χ4v) is 4.99. The molecule has 5 aromatic rings. The second-order valence-electron chi connectivity index (χ2n) is 10.6. The standard InChI is InChI=1S/C38H37NO2/c1-3-4-5-7-10-29-13-18-35-26-36(20-19-34(35)25-29)38(40)41-37-23-21-33(22-24-37)32-16-14-30(15-17-32)27-39-28(2)31-11-8-6-9-12-31/h6,8-9,11-28H,3-5,7,10H2,1-2H3/t28-/m1/s1. The van der Waals surface area contributed by atoms with Crippen molar-refractivity contribution in [1.82, 2.24) is 0 Å². The van der Waals surface area contributed by atoms with Crippen LogP contribution in [0.3, 0.4) is 0 Å². The van der Waals surface area contributed by atoms with Gasteiger partial charge in [-0.3, -0.25) is 4.99 Å². The Labute approximate surface area is 243 Å². The number of aryl methyl sites for hydroxylation is 1. The molecule has 0 aliphatic carbocycles. The minimum atomic E-state index is -0.350. The maximum Gasteiger partial charge on any atom is 0.343 e. The Morgan fingerprint density at radius 3 is 2.17 bits per heavy atom. The van der Waals surface area contributed by atoms with Gasteiger partial charge in [-0.1, -0.05) is 117 Å². The molecule has 0 bridgehead atoms. The first-order valence-corrected chi connectivity index (χ1v) is 14.6. The number of aliphatic imine (C=N–C) groups is 1. The monoisotopic (exact) mass is 539 g/mol. The zero-order chi connectivity index (χ0) is 28.4. The molecule has 0 amide bonds. The Morgan fingerprint density at radius 1 is 0.756 bits per heavy atom. The lowest BCUT2D eigenvalue weighted by Gasteiger charge is -2.08. The van der Waals surface area contributed by atoms with Crippen molar-refractivity contribution in [3.8, 4) is 16.9 Å². The summed E-state index contributed by atoms with van der Waals surface area (Å²) >= 11 is 0. The van der Waals surface area contributed by atoms with E-state index < -0.39 is 0 Å². The predicted molar refractivity (Wildman–Crippen MR) is 171 cm³/mol. The van der Waals surface area contributed by atoms with Crippen LogP contribution < -0.4 is 4.74 Å². The molecule has 0 saturated carbocycles. The van der Waals surface area contributed by atoms with Crippen molar-refractivity contribution in [2.75, 3.05) is 0 Å². The summed E-state index contributed by atoms with van der Waals surface area (Å²) in [5, 5.41) is 2.21. The first-order chi connectivity index (χ1) is 20.1. The molecule has 0 fully saturated rings. The van der Waals surface area contributed by atoms with E-state index in [9.17, 15) is 4.79 Å². The van der Waals surface area contributed by atoms with Crippen LogP contribution in [0.5, 0.6) is 5.75 Å². The quantitative estimate of drug-likeness (QED) is 0.0725. The summed E-state index contributed by atoms with van der Waals surface area (Å²) in [6, 6.07) is 38.6. The van der Waals surface area contributed by atoms with Gasteiger partial charge in [0.1, 0.15) is 5.75 Å². The number of fused-ring (bicyclic) bond motifs is 1. The van der Waals surface area contributed by atoms with Gasteiger partial charge in [0, 0.05) is 6.21 Å². The van der Waals surface area contributed by atoms with Crippen molar-refractivity contribution >= 4 is 23.0 Å². The molecule has 0 N–H and O–H groups in total. The first-order valence-electron chi connectivity index (χ1n) is 14.6. The van der Waals surface area contributed by atoms with E-state index in [4.69, 9.17) is 9.73 Å². The third-order valence-corrected chi connectivity index (χ3v) is 7.50. The van der Waals surface area contributed by atoms with Crippen molar-refractivity contribution in [1.29, 1.82) is 0 Å². The van der Waals surface area contributed by atoms with Crippen molar-refractivity contribution in [3.05, 3.63) is 138 Å². The van der Waals surface area contributed by atoms with Crippen molar-refractivity contribution in [2.45, 2.75) is 52.0 Å². The predicted octanol–water partition coefficient (Wildman–Crippen LogP) is 10.0. The number of nitrogens with zero attached hydrogens (tertiary/aromatic N) is 1. The highest BCUT2D eigenvalue weighted by atomic mass is 16.5. The lowest BCUT2D eigenvalue weighted by molar-refractivity contribution is 0.0735. The van der Waals surface area contributed by atoms with Gasteiger partial charge in [0.15, 0.2) is 0 Å². The molecule has 0 unspecified atom stereocenters. The molecule has 41 heavy (non-hydrogen) atoms. The molecule has 206 valence electrons. The van der Waals surface area contributed by atoms with Crippen molar-refractivity contribution < 1.29 is 9.53 Å². The number of unbranched alkanes of at least 4 members (excludes halogenated alkanes) is 3. The van der Waals surface area contributed by atoms with Gasteiger partial charge < -0.3 is 4.74 Å². The zero-order valence-electron chi connectivity index (χ0n) is 23.9. The smallest absolute Gasteiger partial charge is 0.343 e. The van der Waals surface area contributed by atoms with Gasteiger partial charge in [-0.15, -0.1) is 0 Å². The number of hydrogen-bond acceptors (Lipinski definition) is 3. The average molecular weight is 540 g/mol. The fourth-order valence-electron chi connectivity index (χ4n) is 4.99. The average Bonchev–Trinajstić information content (AvgIpc) is 3.02. The lowest BCUT2D eigenvalue weighted by Crippen LogP contribution is -2.08. The number of ether oxygens (including phenoxy) is 1. The van der Waals surface area contributed by atoms with Crippen LogP contribution in [-0.2, 0) is 6.42 Å². The Kier molecular flexibility index (Phi) is 9.38. The van der Waals surface area contributed by atoms with Crippen molar-refractivity contribution in [2.24, 2.45) is 4.99 Å². The highest BCUT2D eigenvalue weighted by molar-refractivity contribution is 5.96. The first kappa shape index (κ1) is 28.0. The van der Waals surface area contributed by atoms with Crippen molar-refractivity contribution in [3.63, 3.8) is 0 Å². The van der Waals surface area contributed by atoms with Crippen LogP contribution in [0.25, 0.3) is 21.9 Å².